The Morgan fingerprint density at radius 1 is 1.50 bits per heavy atom. The molecule has 92 valence electrons. The molecule has 5 nitrogen and oxygen atoms in total. The zero-order valence-corrected chi connectivity index (χ0v) is 9.87. The predicted octanol–water partition coefficient (Wildman–Crippen LogP) is -0.685. The topological polar surface area (TPSA) is 67.6 Å². The maximum atomic E-state index is 11.6. The van der Waals surface area contributed by atoms with Crippen molar-refractivity contribution in [3.8, 4) is 0 Å². The number of hydrogen-bond donors (Lipinski definition) is 2. The number of amides is 1. The Labute approximate surface area is 96.3 Å². The summed E-state index contributed by atoms with van der Waals surface area (Å²) in [4.78, 5) is 13.8. The van der Waals surface area contributed by atoms with E-state index in [2.05, 4.69) is 10.2 Å². The highest BCUT2D eigenvalue weighted by Crippen LogP contribution is 2.23. The first-order valence-electron chi connectivity index (χ1n) is 5.98. The minimum atomic E-state index is -0.599. The summed E-state index contributed by atoms with van der Waals surface area (Å²) in [6.07, 6.45) is 2.32. The maximum Gasteiger partial charge on any atom is 0.238 e. The predicted molar refractivity (Wildman–Crippen MR) is 61.0 cm³/mol. The van der Waals surface area contributed by atoms with Gasteiger partial charge in [0.15, 0.2) is 0 Å². The molecule has 1 amide bonds. The molecule has 1 saturated carbocycles. The molecular weight excluding hydrogens is 206 g/mol. The number of rotatable bonds is 5. The second kappa shape index (κ2) is 4.69. The van der Waals surface area contributed by atoms with Crippen molar-refractivity contribution in [1.82, 2.24) is 10.2 Å². The van der Waals surface area contributed by atoms with E-state index in [4.69, 9.17) is 10.5 Å². The third-order valence-electron chi connectivity index (χ3n) is 3.29. The Morgan fingerprint density at radius 2 is 2.12 bits per heavy atom. The van der Waals surface area contributed by atoms with Crippen molar-refractivity contribution in [2.75, 3.05) is 32.8 Å². The average molecular weight is 227 g/mol. The van der Waals surface area contributed by atoms with Crippen LogP contribution >= 0.6 is 0 Å². The second-order valence-corrected chi connectivity index (χ2v) is 5.00. The van der Waals surface area contributed by atoms with Gasteiger partial charge in [0.25, 0.3) is 0 Å². The first kappa shape index (κ1) is 11.8. The standard InChI is InChI=1S/C11H21N3O2/c1-11(10(12)15,13-9-2-3-9)8-14-4-6-16-7-5-14/h9,13H,2-8H2,1H3,(H2,12,15). The third kappa shape index (κ3) is 2.93. The molecule has 1 aliphatic carbocycles. The number of morpholine rings is 1. The van der Waals surface area contributed by atoms with Crippen LogP contribution in [0.1, 0.15) is 19.8 Å². The van der Waals surface area contributed by atoms with Gasteiger partial charge >= 0.3 is 0 Å². The molecule has 1 unspecified atom stereocenters. The Balaban J connectivity index is 1.91. The van der Waals surface area contributed by atoms with Crippen molar-refractivity contribution in [3.05, 3.63) is 0 Å². The fourth-order valence-corrected chi connectivity index (χ4v) is 2.08. The highest BCUT2D eigenvalue weighted by molar-refractivity contribution is 5.84. The zero-order valence-electron chi connectivity index (χ0n) is 9.87. The smallest absolute Gasteiger partial charge is 0.238 e. The van der Waals surface area contributed by atoms with E-state index >= 15 is 0 Å². The van der Waals surface area contributed by atoms with Crippen LogP contribution < -0.4 is 11.1 Å². The number of carbonyl (C=O) groups excluding carboxylic acids is 1. The van der Waals surface area contributed by atoms with Crippen molar-refractivity contribution < 1.29 is 9.53 Å². The maximum absolute atomic E-state index is 11.6. The molecule has 16 heavy (non-hydrogen) atoms. The van der Waals surface area contributed by atoms with Crippen LogP contribution in [0.15, 0.2) is 0 Å². The van der Waals surface area contributed by atoms with Gasteiger partial charge in [0, 0.05) is 25.7 Å². The molecule has 2 rings (SSSR count). The van der Waals surface area contributed by atoms with E-state index in [-0.39, 0.29) is 5.91 Å². The molecule has 0 bridgehead atoms. The number of ether oxygens (including phenoxy) is 1. The van der Waals surface area contributed by atoms with E-state index in [0.717, 1.165) is 39.1 Å². The number of nitrogens with two attached hydrogens (primary N) is 1. The first-order chi connectivity index (χ1) is 7.60. The van der Waals surface area contributed by atoms with Crippen LogP contribution in [0, 0.1) is 0 Å². The Bertz CT molecular complexity index is 262. The quantitative estimate of drug-likeness (QED) is 0.652. The summed E-state index contributed by atoms with van der Waals surface area (Å²) in [5, 5.41) is 3.36. The number of hydrogen-bond acceptors (Lipinski definition) is 4. The van der Waals surface area contributed by atoms with Crippen molar-refractivity contribution in [2.45, 2.75) is 31.3 Å². The van der Waals surface area contributed by atoms with E-state index < -0.39 is 5.54 Å². The Hall–Kier alpha value is -0.650. The van der Waals surface area contributed by atoms with Crippen LogP contribution in [0.3, 0.4) is 0 Å². The Kier molecular flexibility index (Phi) is 3.47. The fraction of sp³-hybridized carbons (Fsp3) is 0.909. The van der Waals surface area contributed by atoms with Gasteiger partial charge in [0.2, 0.25) is 5.91 Å². The Morgan fingerprint density at radius 3 is 2.62 bits per heavy atom. The average Bonchev–Trinajstić information content (AvgIpc) is 3.02. The van der Waals surface area contributed by atoms with Gasteiger partial charge in [-0.3, -0.25) is 15.0 Å². The lowest BCUT2D eigenvalue weighted by Gasteiger charge is -2.35. The van der Waals surface area contributed by atoms with Crippen LogP contribution in [-0.2, 0) is 9.53 Å². The van der Waals surface area contributed by atoms with Crippen molar-refractivity contribution in [2.24, 2.45) is 5.73 Å². The number of carbonyl (C=O) groups is 1. The molecule has 1 saturated heterocycles. The lowest BCUT2D eigenvalue weighted by molar-refractivity contribution is -0.125. The van der Waals surface area contributed by atoms with Gasteiger partial charge in [-0.05, 0) is 19.8 Å². The monoisotopic (exact) mass is 227 g/mol. The number of nitrogens with zero attached hydrogens (tertiary/aromatic N) is 1. The molecule has 3 N–H and O–H groups in total. The third-order valence-corrected chi connectivity index (χ3v) is 3.29. The van der Waals surface area contributed by atoms with Crippen LogP contribution in [0.25, 0.3) is 0 Å². The summed E-state index contributed by atoms with van der Waals surface area (Å²) in [6.45, 7) is 5.85. The molecular formula is C11H21N3O2. The van der Waals surface area contributed by atoms with Crippen molar-refractivity contribution in [1.29, 1.82) is 0 Å². The summed E-state index contributed by atoms with van der Waals surface area (Å²) in [7, 11) is 0. The van der Waals surface area contributed by atoms with Crippen LogP contribution in [0.2, 0.25) is 0 Å². The minimum absolute atomic E-state index is 0.258. The molecule has 2 aliphatic rings. The SMILES string of the molecule is CC(CN1CCOCC1)(NC1CC1)C(N)=O. The van der Waals surface area contributed by atoms with E-state index in [9.17, 15) is 4.79 Å². The lowest BCUT2D eigenvalue weighted by atomic mass is 10.00. The van der Waals surface area contributed by atoms with Gasteiger partial charge < -0.3 is 10.5 Å². The van der Waals surface area contributed by atoms with Gasteiger partial charge in [-0.1, -0.05) is 0 Å². The van der Waals surface area contributed by atoms with Gasteiger partial charge in [0.1, 0.15) is 5.54 Å². The molecule has 5 heteroatoms. The highest BCUT2D eigenvalue weighted by atomic mass is 16.5. The van der Waals surface area contributed by atoms with Crippen LogP contribution in [0.4, 0.5) is 0 Å². The van der Waals surface area contributed by atoms with E-state index in [1.165, 1.54) is 0 Å². The molecule has 0 radical (unpaired) electrons. The van der Waals surface area contributed by atoms with Gasteiger partial charge in [0.05, 0.1) is 13.2 Å². The molecule has 1 aliphatic heterocycles. The molecule has 0 aromatic rings. The summed E-state index contributed by atoms with van der Waals surface area (Å²) in [5.41, 5.74) is 4.91. The van der Waals surface area contributed by atoms with E-state index in [0.29, 0.717) is 12.6 Å². The minimum Gasteiger partial charge on any atom is -0.379 e. The number of nitrogens with one attached hydrogen (secondary N) is 1. The van der Waals surface area contributed by atoms with Crippen LogP contribution in [-0.4, -0.2) is 55.2 Å². The largest absolute Gasteiger partial charge is 0.379 e. The molecule has 0 aromatic heterocycles. The van der Waals surface area contributed by atoms with E-state index in [1.807, 2.05) is 6.92 Å². The van der Waals surface area contributed by atoms with E-state index in [1.54, 1.807) is 0 Å². The summed E-state index contributed by atoms with van der Waals surface area (Å²) in [5.74, 6) is -0.258. The molecule has 1 heterocycles. The second-order valence-electron chi connectivity index (χ2n) is 5.00. The zero-order chi connectivity index (χ0) is 11.6. The van der Waals surface area contributed by atoms with Gasteiger partial charge in [-0.15, -0.1) is 0 Å². The summed E-state index contributed by atoms with van der Waals surface area (Å²) < 4.78 is 5.29. The molecule has 0 spiro atoms. The van der Waals surface area contributed by atoms with Crippen molar-refractivity contribution in [3.63, 3.8) is 0 Å². The summed E-state index contributed by atoms with van der Waals surface area (Å²) >= 11 is 0. The van der Waals surface area contributed by atoms with Gasteiger partial charge in [-0.25, -0.2) is 0 Å². The molecule has 1 atom stereocenters. The normalized spacial score (nSPS) is 26.3. The highest BCUT2D eigenvalue weighted by Gasteiger charge is 2.38. The number of primary amides is 1. The fourth-order valence-electron chi connectivity index (χ4n) is 2.08. The molecule has 2 fully saturated rings. The van der Waals surface area contributed by atoms with Gasteiger partial charge in [-0.2, -0.15) is 0 Å². The lowest BCUT2D eigenvalue weighted by Crippen LogP contribution is -2.61. The first-order valence-corrected chi connectivity index (χ1v) is 5.98. The molecule has 0 aromatic carbocycles. The summed E-state index contributed by atoms with van der Waals surface area (Å²) in [6, 6.07) is 0.485. The van der Waals surface area contributed by atoms with Crippen LogP contribution in [0.5, 0.6) is 0 Å². The van der Waals surface area contributed by atoms with Crippen molar-refractivity contribution >= 4 is 5.91 Å².